The molecule has 4 rings (SSSR count). The molecule has 1 atom stereocenters. The molecule has 1 unspecified atom stereocenters. The Kier molecular flexibility index (Phi) is 4.13. The van der Waals surface area contributed by atoms with Crippen molar-refractivity contribution in [3.63, 3.8) is 0 Å². The Balaban J connectivity index is 1.65. The van der Waals surface area contributed by atoms with Gasteiger partial charge >= 0.3 is 0 Å². The molecule has 0 radical (unpaired) electrons. The van der Waals surface area contributed by atoms with Crippen molar-refractivity contribution < 1.29 is 22.3 Å². The number of sulfonamides is 1. The van der Waals surface area contributed by atoms with Crippen LogP contribution < -0.4 is 14.2 Å². The van der Waals surface area contributed by atoms with Crippen molar-refractivity contribution >= 4 is 10.0 Å². The van der Waals surface area contributed by atoms with E-state index in [-0.39, 0.29) is 10.9 Å². The lowest BCUT2D eigenvalue weighted by atomic mass is 9.88. The predicted octanol–water partition coefficient (Wildman–Crippen LogP) is 2.95. The average molecular weight is 363 g/mol. The van der Waals surface area contributed by atoms with Crippen LogP contribution in [-0.2, 0) is 16.4 Å². The maximum Gasteiger partial charge on any atom is 0.241 e. The van der Waals surface area contributed by atoms with E-state index in [0.717, 1.165) is 36.1 Å². The molecule has 0 fully saturated rings. The van der Waals surface area contributed by atoms with Crippen LogP contribution in [0.1, 0.15) is 30.0 Å². The number of nitrogens with one attached hydrogen (secondary N) is 1. The van der Waals surface area contributed by atoms with E-state index in [1.807, 2.05) is 12.1 Å². The minimum absolute atomic E-state index is 0.0542. The molecule has 0 bridgehead atoms. The largest absolute Gasteiger partial charge is 0.486 e. The van der Waals surface area contributed by atoms with E-state index < -0.39 is 15.8 Å². The van der Waals surface area contributed by atoms with Crippen LogP contribution in [0.25, 0.3) is 0 Å². The maximum atomic E-state index is 13.0. The highest BCUT2D eigenvalue weighted by Crippen LogP contribution is 2.40. The number of rotatable bonds is 3. The number of fused-ring (bicyclic) bond motifs is 2. The zero-order valence-corrected chi connectivity index (χ0v) is 14.3. The molecule has 7 heteroatoms. The molecule has 5 nitrogen and oxygen atoms in total. The summed E-state index contributed by atoms with van der Waals surface area (Å²) in [5, 5.41) is 0. The molecule has 0 aromatic heterocycles. The first-order chi connectivity index (χ1) is 12.0. The Bertz CT molecular complexity index is 896. The highest BCUT2D eigenvalue weighted by Gasteiger charge is 2.28. The molecule has 1 N–H and O–H groups in total. The van der Waals surface area contributed by atoms with E-state index in [1.54, 1.807) is 0 Å². The Hall–Kier alpha value is -2.12. The SMILES string of the molecule is O=S(=O)(NC1CCCc2cc3c(cc21)OCCO3)c1ccc(F)cc1. The summed E-state index contributed by atoms with van der Waals surface area (Å²) >= 11 is 0. The van der Waals surface area contributed by atoms with Crippen molar-refractivity contribution in [2.75, 3.05) is 13.2 Å². The van der Waals surface area contributed by atoms with Gasteiger partial charge in [-0.2, -0.15) is 0 Å². The minimum atomic E-state index is -3.73. The molecule has 132 valence electrons. The summed E-state index contributed by atoms with van der Waals surface area (Å²) in [6.45, 7) is 1.00. The van der Waals surface area contributed by atoms with Crippen molar-refractivity contribution in [1.29, 1.82) is 0 Å². The smallest absolute Gasteiger partial charge is 0.241 e. The van der Waals surface area contributed by atoms with E-state index in [4.69, 9.17) is 9.47 Å². The molecular weight excluding hydrogens is 345 g/mol. The molecule has 25 heavy (non-hydrogen) atoms. The molecular formula is C18H18FNO4S. The van der Waals surface area contributed by atoms with Crippen molar-refractivity contribution in [3.8, 4) is 11.5 Å². The second kappa shape index (κ2) is 6.31. The van der Waals surface area contributed by atoms with Crippen LogP contribution in [0.3, 0.4) is 0 Å². The van der Waals surface area contributed by atoms with Crippen LogP contribution in [0.5, 0.6) is 11.5 Å². The summed E-state index contributed by atoms with van der Waals surface area (Å²) in [7, 11) is -3.73. The van der Waals surface area contributed by atoms with Crippen LogP contribution in [-0.4, -0.2) is 21.6 Å². The topological polar surface area (TPSA) is 64.6 Å². The van der Waals surface area contributed by atoms with Crippen LogP contribution in [0.15, 0.2) is 41.3 Å². The van der Waals surface area contributed by atoms with E-state index in [1.165, 1.54) is 12.1 Å². The molecule has 1 aliphatic carbocycles. The lowest BCUT2D eigenvalue weighted by Gasteiger charge is -2.29. The van der Waals surface area contributed by atoms with Crippen LogP contribution >= 0.6 is 0 Å². The van der Waals surface area contributed by atoms with E-state index in [9.17, 15) is 12.8 Å². The Morgan fingerprint density at radius 1 is 1.04 bits per heavy atom. The summed E-state index contributed by atoms with van der Waals surface area (Å²) < 4.78 is 52.3. The molecule has 2 aliphatic rings. The van der Waals surface area contributed by atoms with Gasteiger partial charge in [-0.15, -0.1) is 0 Å². The van der Waals surface area contributed by atoms with Gasteiger partial charge in [-0.05, 0) is 66.8 Å². The lowest BCUT2D eigenvalue weighted by Crippen LogP contribution is -2.31. The fourth-order valence-electron chi connectivity index (χ4n) is 3.33. The first-order valence-corrected chi connectivity index (χ1v) is 9.71. The second-order valence-corrected chi connectivity index (χ2v) is 7.93. The van der Waals surface area contributed by atoms with Gasteiger partial charge in [0.05, 0.1) is 4.90 Å². The number of benzene rings is 2. The summed E-state index contributed by atoms with van der Waals surface area (Å²) in [6, 6.07) is 8.31. The number of aryl methyl sites for hydroxylation is 1. The van der Waals surface area contributed by atoms with Gasteiger partial charge in [0.2, 0.25) is 10.0 Å². The van der Waals surface area contributed by atoms with Gasteiger partial charge in [0.15, 0.2) is 11.5 Å². The van der Waals surface area contributed by atoms with Crippen molar-refractivity contribution in [3.05, 3.63) is 53.3 Å². The zero-order valence-electron chi connectivity index (χ0n) is 13.5. The van der Waals surface area contributed by atoms with Crippen LogP contribution in [0, 0.1) is 5.82 Å². The Morgan fingerprint density at radius 2 is 1.72 bits per heavy atom. The lowest BCUT2D eigenvalue weighted by molar-refractivity contribution is 0.171. The van der Waals surface area contributed by atoms with Gasteiger partial charge < -0.3 is 9.47 Å². The van der Waals surface area contributed by atoms with Crippen LogP contribution in [0.4, 0.5) is 4.39 Å². The van der Waals surface area contributed by atoms with Gasteiger partial charge in [0.1, 0.15) is 19.0 Å². The maximum absolute atomic E-state index is 13.0. The third-order valence-corrected chi connectivity index (χ3v) is 6.03. The van der Waals surface area contributed by atoms with Gasteiger partial charge in [0.25, 0.3) is 0 Å². The monoisotopic (exact) mass is 363 g/mol. The van der Waals surface area contributed by atoms with E-state index >= 15 is 0 Å². The van der Waals surface area contributed by atoms with E-state index in [0.29, 0.717) is 31.1 Å². The minimum Gasteiger partial charge on any atom is -0.486 e. The molecule has 2 aromatic rings. The fourth-order valence-corrected chi connectivity index (χ4v) is 4.58. The Labute approximate surface area is 145 Å². The first-order valence-electron chi connectivity index (χ1n) is 8.23. The first kappa shape index (κ1) is 16.4. The molecule has 0 amide bonds. The molecule has 2 aromatic carbocycles. The summed E-state index contributed by atoms with van der Waals surface area (Å²) in [6.07, 6.45) is 2.46. The number of halogens is 1. The molecule has 0 spiro atoms. The fraction of sp³-hybridized carbons (Fsp3) is 0.333. The third kappa shape index (κ3) is 3.21. The molecule has 0 saturated heterocycles. The molecule has 1 aliphatic heterocycles. The summed E-state index contributed by atoms with van der Waals surface area (Å²) in [4.78, 5) is 0.0542. The van der Waals surface area contributed by atoms with E-state index in [2.05, 4.69) is 4.72 Å². The van der Waals surface area contributed by atoms with Crippen molar-refractivity contribution in [1.82, 2.24) is 4.72 Å². The molecule has 0 saturated carbocycles. The summed E-state index contributed by atoms with van der Waals surface area (Å²) in [5.41, 5.74) is 1.99. The van der Waals surface area contributed by atoms with Gasteiger partial charge in [-0.25, -0.2) is 17.5 Å². The average Bonchev–Trinajstić information content (AvgIpc) is 2.60. The van der Waals surface area contributed by atoms with Crippen LogP contribution in [0.2, 0.25) is 0 Å². The Morgan fingerprint density at radius 3 is 2.44 bits per heavy atom. The molecule has 1 heterocycles. The zero-order chi connectivity index (χ0) is 17.4. The predicted molar refractivity (Wildman–Crippen MR) is 89.8 cm³/mol. The normalized spacial score (nSPS) is 19.3. The number of hydrogen-bond acceptors (Lipinski definition) is 4. The van der Waals surface area contributed by atoms with Gasteiger partial charge in [0, 0.05) is 6.04 Å². The standard InChI is InChI=1S/C18H18FNO4S/c19-13-4-6-14(7-5-13)25(21,22)20-16-3-1-2-12-10-17-18(11-15(12)16)24-9-8-23-17/h4-7,10-11,16,20H,1-3,8-9H2. The third-order valence-electron chi connectivity index (χ3n) is 4.54. The van der Waals surface area contributed by atoms with Gasteiger partial charge in [-0.3, -0.25) is 0 Å². The summed E-state index contributed by atoms with van der Waals surface area (Å²) in [5.74, 6) is 0.899. The highest BCUT2D eigenvalue weighted by molar-refractivity contribution is 7.89. The number of hydrogen-bond donors (Lipinski definition) is 1. The van der Waals surface area contributed by atoms with Gasteiger partial charge in [-0.1, -0.05) is 0 Å². The van der Waals surface area contributed by atoms with Crippen molar-refractivity contribution in [2.24, 2.45) is 0 Å². The van der Waals surface area contributed by atoms with Crippen molar-refractivity contribution in [2.45, 2.75) is 30.2 Å². The quantitative estimate of drug-likeness (QED) is 0.911. The highest BCUT2D eigenvalue weighted by atomic mass is 32.2. The number of ether oxygens (including phenoxy) is 2. The second-order valence-electron chi connectivity index (χ2n) is 6.21.